The first kappa shape index (κ1) is 14.8. The summed E-state index contributed by atoms with van der Waals surface area (Å²) in [7, 11) is 1.37. The second kappa shape index (κ2) is 5.91. The van der Waals surface area contributed by atoms with Crippen LogP contribution in [0.15, 0.2) is 41.3 Å². The number of carbonyl (C=O) groups excluding carboxylic acids is 1. The van der Waals surface area contributed by atoms with E-state index in [0.717, 1.165) is 0 Å². The number of fused-ring (bicyclic) bond motifs is 1. The lowest BCUT2D eigenvalue weighted by molar-refractivity contribution is 0.0471. The number of methoxy groups -OCH3 is 1. The second-order valence-electron chi connectivity index (χ2n) is 4.72. The molecule has 0 bridgehead atoms. The SMILES string of the molecule is COc1ccc(COC(=O)c2ccc3n[nH]c(=O)n3c2)cc1F. The Morgan fingerprint density at radius 2 is 2.17 bits per heavy atom. The molecule has 0 saturated carbocycles. The van der Waals surface area contributed by atoms with Crippen molar-refractivity contribution in [1.29, 1.82) is 0 Å². The second-order valence-corrected chi connectivity index (χ2v) is 4.72. The van der Waals surface area contributed by atoms with Crippen molar-refractivity contribution in [2.75, 3.05) is 7.11 Å². The lowest BCUT2D eigenvalue weighted by Gasteiger charge is -2.07. The molecule has 0 saturated heterocycles. The Morgan fingerprint density at radius 1 is 1.35 bits per heavy atom. The summed E-state index contributed by atoms with van der Waals surface area (Å²) < 4.78 is 24.7. The number of H-pyrrole nitrogens is 1. The number of hydrogen-bond donors (Lipinski definition) is 1. The lowest BCUT2D eigenvalue weighted by atomic mass is 10.2. The van der Waals surface area contributed by atoms with Gasteiger partial charge in [0.15, 0.2) is 17.2 Å². The van der Waals surface area contributed by atoms with Gasteiger partial charge >= 0.3 is 11.7 Å². The molecule has 23 heavy (non-hydrogen) atoms. The van der Waals surface area contributed by atoms with E-state index >= 15 is 0 Å². The Labute approximate surface area is 129 Å². The number of ether oxygens (including phenoxy) is 2. The smallest absolute Gasteiger partial charge is 0.347 e. The molecule has 8 heteroatoms. The summed E-state index contributed by atoms with van der Waals surface area (Å²) in [5, 5.41) is 6.03. The van der Waals surface area contributed by atoms with Crippen LogP contribution in [-0.2, 0) is 11.3 Å². The molecular formula is C15H12FN3O4. The average molecular weight is 317 g/mol. The normalized spacial score (nSPS) is 10.7. The molecule has 0 radical (unpaired) electrons. The number of esters is 1. The van der Waals surface area contributed by atoms with Crippen LogP contribution in [0.4, 0.5) is 4.39 Å². The van der Waals surface area contributed by atoms with Gasteiger partial charge in [0.25, 0.3) is 0 Å². The summed E-state index contributed by atoms with van der Waals surface area (Å²) in [4.78, 5) is 23.5. The first-order valence-corrected chi connectivity index (χ1v) is 6.65. The first-order chi connectivity index (χ1) is 11.1. The van der Waals surface area contributed by atoms with Crippen LogP contribution in [0.25, 0.3) is 5.65 Å². The Bertz CT molecular complexity index is 932. The van der Waals surface area contributed by atoms with E-state index < -0.39 is 17.5 Å². The molecule has 0 aliphatic rings. The minimum atomic E-state index is -0.628. The molecule has 2 heterocycles. The van der Waals surface area contributed by atoms with Crippen LogP contribution >= 0.6 is 0 Å². The molecule has 0 aliphatic heterocycles. The van der Waals surface area contributed by atoms with E-state index in [-0.39, 0.29) is 17.9 Å². The highest BCUT2D eigenvalue weighted by atomic mass is 19.1. The molecule has 3 rings (SSSR count). The van der Waals surface area contributed by atoms with Crippen molar-refractivity contribution < 1.29 is 18.7 Å². The van der Waals surface area contributed by atoms with E-state index in [2.05, 4.69) is 10.2 Å². The number of pyridine rings is 1. The number of carbonyl (C=O) groups is 1. The molecule has 0 amide bonds. The number of aromatic nitrogens is 3. The van der Waals surface area contributed by atoms with Crippen molar-refractivity contribution in [2.24, 2.45) is 0 Å². The van der Waals surface area contributed by atoms with Crippen molar-refractivity contribution in [3.63, 3.8) is 0 Å². The van der Waals surface area contributed by atoms with Crippen LogP contribution in [-0.4, -0.2) is 27.7 Å². The number of hydrogen-bond acceptors (Lipinski definition) is 5. The first-order valence-electron chi connectivity index (χ1n) is 6.65. The predicted octanol–water partition coefficient (Wildman–Crippen LogP) is 1.53. The van der Waals surface area contributed by atoms with Crippen molar-refractivity contribution in [3.8, 4) is 5.75 Å². The minimum absolute atomic E-state index is 0.0991. The van der Waals surface area contributed by atoms with Gasteiger partial charge in [-0.3, -0.25) is 0 Å². The fraction of sp³-hybridized carbons (Fsp3) is 0.133. The standard InChI is InChI=1S/C15H12FN3O4/c1-22-12-4-2-9(6-11(12)16)8-23-14(20)10-3-5-13-17-18-15(21)19(13)7-10/h2-7H,8H2,1H3,(H,18,21). The van der Waals surface area contributed by atoms with E-state index in [4.69, 9.17) is 9.47 Å². The van der Waals surface area contributed by atoms with Gasteiger partial charge in [-0.25, -0.2) is 23.5 Å². The number of halogens is 1. The van der Waals surface area contributed by atoms with Crippen LogP contribution < -0.4 is 10.4 Å². The van der Waals surface area contributed by atoms with Crippen LogP contribution in [0.3, 0.4) is 0 Å². The third-order valence-corrected chi connectivity index (χ3v) is 3.23. The Balaban J connectivity index is 1.74. The largest absolute Gasteiger partial charge is 0.494 e. The maximum atomic E-state index is 13.6. The summed E-state index contributed by atoms with van der Waals surface area (Å²) in [5.74, 6) is -1.05. The van der Waals surface area contributed by atoms with E-state index in [1.807, 2.05) is 0 Å². The highest BCUT2D eigenvalue weighted by Crippen LogP contribution is 2.18. The van der Waals surface area contributed by atoms with Crippen LogP contribution in [0, 0.1) is 5.82 Å². The molecule has 0 atom stereocenters. The molecule has 1 aromatic carbocycles. The number of nitrogens with one attached hydrogen (secondary N) is 1. The number of benzene rings is 1. The van der Waals surface area contributed by atoms with Crippen LogP contribution in [0.2, 0.25) is 0 Å². The quantitative estimate of drug-likeness (QED) is 0.738. The summed E-state index contributed by atoms with van der Waals surface area (Å²) in [6, 6.07) is 7.29. The zero-order valence-corrected chi connectivity index (χ0v) is 12.1. The molecule has 0 unspecified atom stereocenters. The summed E-state index contributed by atoms with van der Waals surface area (Å²) in [6.45, 7) is -0.0991. The molecule has 3 aromatic rings. The Morgan fingerprint density at radius 3 is 2.91 bits per heavy atom. The third kappa shape index (κ3) is 2.91. The van der Waals surface area contributed by atoms with Crippen molar-refractivity contribution in [2.45, 2.75) is 6.61 Å². The van der Waals surface area contributed by atoms with E-state index in [1.54, 1.807) is 6.07 Å². The molecular weight excluding hydrogens is 305 g/mol. The van der Waals surface area contributed by atoms with Gasteiger partial charge in [-0.1, -0.05) is 6.07 Å². The maximum absolute atomic E-state index is 13.6. The van der Waals surface area contributed by atoms with Gasteiger partial charge in [-0.15, -0.1) is 0 Å². The topological polar surface area (TPSA) is 85.7 Å². The Hall–Kier alpha value is -3.16. The zero-order chi connectivity index (χ0) is 16.4. The zero-order valence-electron chi connectivity index (χ0n) is 12.1. The van der Waals surface area contributed by atoms with Crippen LogP contribution in [0.5, 0.6) is 5.75 Å². The third-order valence-electron chi connectivity index (χ3n) is 3.23. The monoisotopic (exact) mass is 317 g/mol. The summed E-state index contributed by atoms with van der Waals surface area (Å²) in [5.41, 5.74) is 0.615. The van der Waals surface area contributed by atoms with Gasteiger partial charge in [0, 0.05) is 6.20 Å². The highest BCUT2D eigenvalue weighted by Gasteiger charge is 2.11. The minimum Gasteiger partial charge on any atom is -0.494 e. The highest BCUT2D eigenvalue weighted by molar-refractivity contribution is 5.89. The molecule has 0 fully saturated rings. The van der Waals surface area contributed by atoms with Gasteiger partial charge < -0.3 is 9.47 Å². The van der Waals surface area contributed by atoms with E-state index in [9.17, 15) is 14.0 Å². The molecule has 0 aliphatic carbocycles. The fourth-order valence-corrected chi connectivity index (χ4v) is 2.06. The molecule has 118 valence electrons. The lowest BCUT2D eigenvalue weighted by Crippen LogP contribution is -2.12. The molecule has 2 aromatic heterocycles. The molecule has 1 N–H and O–H groups in total. The van der Waals surface area contributed by atoms with E-state index in [0.29, 0.717) is 11.2 Å². The van der Waals surface area contributed by atoms with Crippen molar-refractivity contribution >= 4 is 11.6 Å². The van der Waals surface area contributed by atoms with Gasteiger partial charge in [-0.05, 0) is 29.8 Å². The Kier molecular flexibility index (Phi) is 3.80. The van der Waals surface area contributed by atoms with Crippen molar-refractivity contribution in [3.05, 3.63) is 64.0 Å². The number of rotatable bonds is 4. The van der Waals surface area contributed by atoms with Gasteiger partial charge in [0.05, 0.1) is 12.7 Å². The molecule has 7 nitrogen and oxygen atoms in total. The average Bonchev–Trinajstić information content (AvgIpc) is 2.93. The van der Waals surface area contributed by atoms with E-state index in [1.165, 1.54) is 42.0 Å². The molecule has 0 spiro atoms. The van der Waals surface area contributed by atoms with Crippen molar-refractivity contribution in [1.82, 2.24) is 14.6 Å². The van der Waals surface area contributed by atoms with Gasteiger partial charge in [0.1, 0.15) is 6.61 Å². The predicted molar refractivity (Wildman–Crippen MR) is 77.9 cm³/mol. The number of nitrogens with zero attached hydrogens (tertiary/aromatic N) is 2. The fourth-order valence-electron chi connectivity index (χ4n) is 2.06. The van der Waals surface area contributed by atoms with Gasteiger partial charge in [0.2, 0.25) is 0 Å². The maximum Gasteiger partial charge on any atom is 0.347 e. The van der Waals surface area contributed by atoms with Gasteiger partial charge in [-0.2, -0.15) is 5.10 Å². The van der Waals surface area contributed by atoms with Crippen LogP contribution in [0.1, 0.15) is 15.9 Å². The number of aromatic amines is 1. The summed E-state index contributed by atoms with van der Waals surface area (Å²) >= 11 is 0. The summed E-state index contributed by atoms with van der Waals surface area (Å²) in [6.07, 6.45) is 1.33.